The minimum Gasteiger partial charge on any atom is -0.394 e. The molecular formula is C7H11N3O2. The average molecular weight is 169 g/mol. The summed E-state index contributed by atoms with van der Waals surface area (Å²) in [5.74, 6) is 0. The Hall–Kier alpha value is -1.23. The Kier molecular flexibility index (Phi) is 2.23. The molecule has 0 spiro atoms. The van der Waals surface area contributed by atoms with Gasteiger partial charge >= 0.3 is 0 Å². The first-order valence-corrected chi connectivity index (χ1v) is 3.59. The van der Waals surface area contributed by atoms with Gasteiger partial charge in [0.15, 0.2) is 0 Å². The summed E-state index contributed by atoms with van der Waals surface area (Å²) in [6.45, 7) is 3.59. The van der Waals surface area contributed by atoms with Gasteiger partial charge in [-0.2, -0.15) is 5.10 Å². The Labute approximate surface area is 70.0 Å². The molecule has 5 heteroatoms. The lowest BCUT2D eigenvalue weighted by Crippen LogP contribution is -2.30. The zero-order chi connectivity index (χ0) is 9.19. The van der Waals surface area contributed by atoms with Gasteiger partial charge in [-0.15, -0.1) is 4.91 Å². The normalized spacial score (nSPS) is 11.6. The Bertz CT molecular complexity index is 280. The molecule has 0 saturated carbocycles. The highest BCUT2D eigenvalue weighted by molar-refractivity contribution is 5.29. The quantitative estimate of drug-likeness (QED) is 0.686. The highest BCUT2D eigenvalue weighted by atomic mass is 16.3. The monoisotopic (exact) mass is 169 g/mol. The van der Waals surface area contributed by atoms with Crippen LogP contribution >= 0.6 is 0 Å². The lowest BCUT2D eigenvalue weighted by molar-refractivity contribution is 0.152. The molecule has 0 aromatic carbocycles. The number of hydrogen-bond acceptors (Lipinski definition) is 4. The number of nitroso groups, excluding NO2 is 1. The highest BCUT2D eigenvalue weighted by Gasteiger charge is 2.19. The second kappa shape index (κ2) is 3.02. The molecule has 0 bridgehead atoms. The lowest BCUT2D eigenvalue weighted by atomic mass is 10.1. The van der Waals surface area contributed by atoms with Gasteiger partial charge < -0.3 is 5.11 Å². The Morgan fingerprint density at radius 2 is 2.42 bits per heavy atom. The van der Waals surface area contributed by atoms with Gasteiger partial charge in [0, 0.05) is 0 Å². The summed E-state index contributed by atoms with van der Waals surface area (Å²) >= 11 is 0. The summed E-state index contributed by atoms with van der Waals surface area (Å²) < 4.78 is 1.52. The number of nitrogens with zero attached hydrogens (tertiary/aromatic N) is 3. The SMILES string of the molecule is CC(C)(CO)n1cc(N=O)cn1. The smallest absolute Gasteiger partial charge is 0.145 e. The van der Waals surface area contributed by atoms with Crippen LogP contribution in [-0.2, 0) is 5.54 Å². The predicted molar refractivity (Wildman–Crippen MR) is 44.1 cm³/mol. The molecule has 0 saturated heterocycles. The maximum Gasteiger partial charge on any atom is 0.145 e. The number of rotatable bonds is 3. The van der Waals surface area contributed by atoms with E-state index in [4.69, 9.17) is 5.11 Å². The third kappa shape index (κ3) is 1.50. The van der Waals surface area contributed by atoms with Crippen molar-refractivity contribution in [2.45, 2.75) is 19.4 Å². The number of aromatic nitrogens is 2. The lowest BCUT2D eigenvalue weighted by Gasteiger charge is -2.21. The molecule has 5 nitrogen and oxygen atoms in total. The van der Waals surface area contributed by atoms with E-state index in [1.807, 2.05) is 13.8 Å². The molecule has 66 valence electrons. The molecule has 0 fully saturated rings. The van der Waals surface area contributed by atoms with E-state index in [-0.39, 0.29) is 12.3 Å². The summed E-state index contributed by atoms with van der Waals surface area (Å²) in [7, 11) is 0. The van der Waals surface area contributed by atoms with Gasteiger partial charge in [0.2, 0.25) is 0 Å². The second-order valence-corrected chi connectivity index (χ2v) is 3.20. The summed E-state index contributed by atoms with van der Waals surface area (Å²) in [5, 5.41) is 15.6. The van der Waals surface area contributed by atoms with Crippen LogP contribution in [0, 0.1) is 4.91 Å². The molecule has 0 unspecified atom stereocenters. The van der Waals surface area contributed by atoms with Crippen LogP contribution in [0.5, 0.6) is 0 Å². The van der Waals surface area contributed by atoms with Crippen molar-refractivity contribution in [3.05, 3.63) is 17.3 Å². The van der Waals surface area contributed by atoms with E-state index in [0.717, 1.165) is 0 Å². The first kappa shape index (κ1) is 8.86. The van der Waals surface area contributed by atoms with E-state index >= 15 is 0 Å². The minimum atomic E-state index is -0.483. The molecule has 0 aliphatic rings. The van der Waals surface area contributed by atoms with Gasteiger partial charge in [0.1, 0.15) is 5.69 Å². The molecule has 1 N–H and O–H groups in total. The molecule has 0 amide bonds. The fourth-order valence-corrected chi connectivity index (χ4v) is 0.764. The van der Waals surface area contributed by atoms with Crippen LogP contribution in [0.4, 0.5) is 5.69 Å². The maximum atomic E-state index is 10.1. The van der Waals surface area contributed by atoms with Crippen LogP contribution in [0.25, 0.3) is 0 Å². The first-order valence-electron chi connectivity index (χ1n) is 3.59. The number of hydrogen-bond donors (Lipinski definition) is 1. The van der Waals surface area contributed by atoms with Gasteiger partial charge in [0.25, 0.3) is 0 Å². The topological polar surface area (TPSA) is 67.5 Å². The third-order valence-electron chi connectivity index (χ3n) is 1.68. The first-order chi connectivity index (χ1) is 5.60. The Morgan fingerprint density at radius 1 is 1.75 bits per heavy atom. The van der Waals surface area contributed by atoms with E-state index < -0.39 is 5.54 Å². The summed E-state index contributed by atoms with van der Waals surface area (Å²) in [5.41, 5.74) is -0.209. The van der Waals surface area contributed by atoms with E-state index in [1.165, 1.54) is 17.1 Å². The predicted octanol–water partition coefficient (Wildman–Crippen LogP) is 1.01. The zero-order valence-corrected chi connectivity index (χ0v) is 7.06. The summed E-state index contributed by atoms with van der Waals surface area (Å²) in [6.07, 6.45) is 2.87. The van der Waals surface area contributed by atoms with E-state index in [9.17, 15) is 4.91 Å². The molecule has 0 aliphatic heterocycles. The largest absolute Gasteiger partial charge is 0.394 e. The van der Waals surface area contributed by atoms with Crippen LogP contribution in [0.2, 0.25) is 0 Å². The van der Waals surface area contributed by atoms with Crippen LogP contribution in [0.15, 0.2) is 17.6 Å². The molecule has 0 aliphatic carbocycles. The van der Waals surface area contributed by atoms with Crippen LogP contribution in [0.1, 0.15) is 13.8 Å². The molecular weight excluding hydrogens is 158 g/mol. The van der Waals surface area contributed by atoms with Crippen molar-refractivity contribution >= 4 is 5.69 Å². The summed E-state index contributed by atoms with van der Waals surface area (Å²) in [6, 6.07) is 0. The van der Waals surface area contributed by atoms with Crippen molar-refractivity contribution in [2.24, 2.45) is 5.18 Å². The Balaban J connectivity index is 2.95. The number of aliphatic hydroxyl groups is 1. The van der Waals surface area contributed by atoms with Gasteiger partial charge in [-0.25, -0.2) is 0 Å². The number of aliphatic hydroxyl groups excluding tert-OH is 1. The molecule has 1 aromatic rings. The van der Waals surface area contributed by atoms with Gasteiger partial charge in [0.05, 0.1) is 24.5 Å². The summed E-state index contributed by atoms with van der Waals surface area (Å²) in [4.78, 5) is 10.1. The Morgan fingerprint density at radius 3 is 2.83 bits per heavy atom. The fraction of sp³-hybridized carbons (Fsp3) is 0.571. The zero-order valence-electron chi connectivity index (χ0n) is 7.06. The van der Waals surface area contributed by atoms with Gasteiger partial charge in [-0.1, -0.05) is 0 Å². The van der Waals surface area contributed by atoms with Crippen LogP contribution in [-0.4, -0.2) is 21.5 Å². The van der Waals surface area contributed by atoms with Gasteiger partial charge in [-0.3, -0.25) is 4.68 Å². The van der Waals surface area contributed by atoms with Crippen molar-refractivity contribution in [3.63, 3.8) is 0 Å². The fourth-order valence-electron chi connectivity index (χ4n) is 0.764. The third-order valence-corrected chi connectivity index (χ3v) is 1.68. The van der Waals surface area contributed by atoms with Crippen LogP contribution in [0.3, 0.4) is 0 Å². The van der Waals surface area contributed by atoms with E-state index in [1.54, 1.807) is 0 Å². The molecule has 1 aromatic heterocycles. The molecule has 0 atom stereocenters. The van der Waals surface area contributed by atoms with Crippen molar-refractivity contribution in [1.82, 2.24) is 9.78 Å². The highest BCUT2D eigenvalue weighted by Crippen LogP contribution is 2.17. The standard InChI is InChI=1S/C7H11N3O2/c1-7(2,5-11)10-4-6(9-12)3-8-10/h3-4,11H,5H2,1-2H3. The second-order valence-electron chi connectivity index (χ2n) is 3.20. The van der Waals surface area contributed by atoms with Crippen molar-refractivity contribution < 1.29 is 5.11 Å². The maximum absolute atomic E-state index is 10.1. The van der Waals surface area contributed by atoms with Crippen molar-refractivity contribution in [2.75, 3.05) is 6.61 Å². The van der Waals surface area contributed by atoms with Crippen LogP contribution < -0.4 is 0 Å². The average Bonchev–Trinajstić information content (AvgIpc) is 2.52. The molecule has 0 radical (unpaired) electrons. The molecule has 1 rings (SSSR count). The van der Waals surface area contributed by atoms with E-state index in [0.29, 0.717) is 0 Å². The van der Waals surface area contributed by atoms with Gasteiger partial charge in [-0.05, 0) is 19.0 Å². The minimum absolute atomic E-state index is 0.0347. The molecule has 12 heavy (non-hydrogen) atoms. The van der Waals surface area contributed by atoms with Crippen molar-refractivity contribution in [1.29, 1.82) is 0 Å². The molecule has 1 heterocycles. The van der Waals surface area contributed by atoms with Crippen molar-refractivity contribution in [3.8, 4) is 0 Å². The van der Waals surface area contributed by atoms with E-state index in [2.05, 4.69) is 10.3 Å².